The molecule has 1 N–H and O–H groups in total. The van der Waals surface area contributed by atoms with Crippen molar-refractivity contribution in [3.8, 4) is 0 Å². The molecule has 2 unspecified atom stereocenters. The first-order valence-electron chi connectivity index (χ1n) is 6.46. The van der Waals surface area contributed by atoms with Crippen molar-refractivity contribution < 1.29 is 0 Å². The van der Waals surface area contributed by atoms with Crippen molar-refractivity contribution in [2.45, 2.75) is 18.3 Å². The van der Waals surface area contributed by atoms with E-state index in [1.54, 1.807) is 0 Å². The maximum absolute atomic E-state index is 3.61. The Labute approximate surface area is 134 Å². The van der Waals surface area contributed by atoms with Crippen LogP contribution in [0.15, 0.2) is 44.7 Å². The molecular formula is C15H15Br2NS. The number of rotatable bonds is 2. The lowest BCUT2D eigenvalue weighted by atomic mass is 9.80. The molecule has 19 heavy (non-hydrogen) atoms. The van der Waals surface area contributed by atoms with Crippen molar-refractivity contribution in [2.24, 2.45) is 0 Å². The third-order valence-corrected chi connectivity index (χ3v) is 7.13. The van der Waals surface area contributed by atoms with Crippen LogP contribution in [0.2, 0.25) is 0 Å². The summed E-state index contributed by atoms with van der Waals surface area (Å²) >= 11 is 9.08. The molecule has 0 saturated carbocycles. The van der Waals surface area contributed by atoms with Gasteiger partial charge in [0.15, 0.2) is 0 Å². The number of piperidine rings is 1. The number of thiophene rings is 1. The molecule has 1 aliphatic heterocycles. The molecule has 0 spiro atoms. The fraction of sp³-hybridized carbons (Fsp3) is 0.333. The summed E-state index contributed by atoms with van der Waals surface area (Å²) in [5, 5.41) is 3.54. The smallest absolute Gasteiger partial charge is 0.0843 e. The summed E-state index contributed by atoms with van der Waals surface area (Å²) < 4.78 is 2.38. The highest BCUT2D eigenvalue weighted by Gasteiger charge is 2.29. The first kappa shape index (κ1) is 13.8. The molecule has 2 heterocycles. The van der Waals surface area contributed by atoms with Crippen LogP contribution in [0.5, 0.6) is 0 Å². The highest BCUT2D eigenvalue weighted by Crippen LogP contribution is 2.44. The molecule has 100 valence electrons. The summed E-state index contributed by atoms with van der Waals surface area (Å²) in [6.45, 7) is 2.18. The number of benzene rings is 1. The largest absolute Gasteiger partial charge is 0.316 e. The van der Waals surface area contributed by atoms with Gasteiger partial charge in [-0.2, -0.15) is 0 Å². The minimum Gasteiger partial charge on any atom is -0.316 e. The van der Waals surface area contributed by atoms with Crippen LogP contribution in [0.25, 0.3) is 0 Å². The molecule has 0 amide bonds. The number of halogens is 2. The van der Waals surface area contributed by atoms with E-state index in [1.165, 1.54) is 25.1 Å². The second-order valence-electron chi connectivity index (χ2n) is 4.89. The summed E-state index contributed by atoms with van der Waals surface area (Å²) in [6.07, 6.45) is 1.21. The monoisotopic (exact) mass is 399 g/mol. The quantitative estimate of drug-likeness (QED) is 0.736. The van der Waals surface area contributed by atoms with Crippen LogP contribution in [-0.4, -0.2) is 13.1 Å². The van der Waals surface area contributed by atoms with E-state index in [1.807, 2.05) is 11.3 Å². The molecule has 1 aromatic carbocycles. The molecule has 1 saturated heterocycles. The summed E-state index contributed by atoms with van der Waals surface area (Å²) in [6, 6.07) is 13.2. The summed E-state index contributed by atoms with van der Waals surface area (Å²) in [5.41, 5.74) is 1.44. The van der Waals surface area contributed by atoms with E-state index < -0.39 is 0 Å². The predicted molar refractivity (Wildman–Crippen MR) is 89.1 cm³/mol. The Morgan fingerprint density at radius 2 is 1.89 bits per heavy atom. The van der Waals surface area contributed by atoms with E-state index in [0.717, 1.165) is 13.1 Å². The molecule has 1 aromatic heterocycles. The molecule has 2 aromatic rings. The highest BCUT2D eigenvalue weighted by molar-refractivity contribution is 9.13. The van der Waals surface area contributed by atoms with Crippen molar-refractivity contribution in [2.75, 3.05) is 13.1 Å². The van der Waals surface area contributed by atoms with Gasteiger partial charge in [-0.3, -0.25) is 0 Å². The molecule has 0 radical (unpaired) electrons. The lowest BCUT2D eigenvalue weighted by Gasteiger charge is -2.32. The summed E-state index contributed by atoms with van der Waals surface area (Å²) in [5.74, 6) is 1.20. The first-order valence-corrected chi connectivity index (χ1v) is 8.86. The van der Waals surface area contributed by atoms with Crippen LogP contribution in [0.4, 0.5) is 0 Å². The average molecular weight is 401 g/mol. The molecule has 0 bridgehead atoms. The minimum atomic E-state index is 0.576. The van der Waals surface area contributed by atoms with Gasteiger partial charge < -0.3 is 5.32 Å². The third kappa shape index (κ3) is 2.97. The van der Waals surface area contributed by atoms with Crippen LogP contribution in [0, 0.1) is 0 Å². The van der Waals surface area contributed by atoms with Crippen LogP contribution in [-0.2, 0) is 0 Å². The van der Waals surface area contributed by atoms with Crippen LogP contribution in [0.3, 0.4) is 0 Å². The first-order chi connectivity index (χ1) is 9.25. The second kappa shape index (κ2) is 6.08. The summed E-state index contributed by atoms with van der Waals surface area (Å²) in [7, 11) is 0. The normalized spacial score (nSPS) is 23.5. The van der Waals surface area contributed by atoms with Gasteiger partial charge in [0.05, 0.1) is 3.79 Å². The third-order valence-electron chi connectivity index (χ3n) is 3.74. The Balaban J connectivity index is 1.93. The number of hydrogen-bond donors (Lipinski definition) is 1. The Bertz CT molecular complexity index is 533. The Hall–Kier alpha value is -0.160. The van der Waals surface area contributed by atoms with Gasteiger partial charge in [0.2, 0.25) is 0 Å². The SMILES string of the molecule is Brc1cc(C2CCNCC2c2ccccc2)sc1Br. The van der Waals surface area contributed by atoms with E-state index in [-0.39, 0.29) is 0 Å². The Morgan fingerprint density at radius 3 is 2.58 bits per heavy atom. The molecule has 3 rings (SSSR count). The molecule has 1 fully saturated rings. The minimum absolute atomic E-state index is 0.576. The molecular weight excluding hydrogens is 386 g/mol. The van der Waals surface area contributed by atoms with Crippen LogP contribution >= 0.6 is 43.2 Å². The second-order valence-corrected chi connectivity index (χ2v) is 8.14. The summed E-state index contributed by atoms with van der Waals surface area (Å²) in [4.78, 5) is 1.48. The van der Waals surface area contributed by atoms with Gasteiger partial charge in [-0.15, -0.1) is 11.3 Å². The van der Waals surface area contributed by atoms with Crippen LogP contribution < -0.4 is 5.32 Å². The predicted octanol–water partition coefficient (Wildman–Crippen LogP) is 5.13. The Kier molecular flexibility index (Phi) is 4.42. The van der Waals surface area contributed by atoms with Crippen molar-refractivity contribution in [1.29, 1.82) is 0 Å². The zero-order chi connectivity index (χ0) is 13.2. The van der Waals surface area contributed by atoms with Crippen molar-refractivity contribution in [1.82, 2.24) is 5.32 Å². The van der Waals surface area contributed by atoms with E-state index in [2.05, 4.69) is 73.6 Å². The van der Waals surface area contributed by atoms with E-state index in [9.17, 15) is 0 Å². The highest BCUT2D eigenvalue weighted by atomic mass is 79.9. The zero-order valence-electron chi connectivity index (χ0n) is 10.4. The lowest BCUT2D eigenvalue weighted by molar-refractivity contribution is 0.408. The van der Waals surface area contributed by atoms with Gasteiger partial charge in [-0.05, 0) is 56.5 Å². The van der Waals surface area contributed by atoms with Gasteiger partial charge >= 0.3 is 0 Å². The van der Waals surface area contributed by atoms with Crippen molar-refractivity contribution in [3.05, 3.63) is 55.1 Å². The molecule has 0 aliphatic carbocycles. The van der Waals surface area contributed by atoms with Crippen LogP contribution in [0.1, 0.15) is 28.7 Å². The van der Waals surface area contributed by atoms with Gasteiger partial charge in [0.25, 0.3) is 0 Å². The van der Waals surface area contributed by atoms with Gasteiger partial charge in [0.1, 0.15) is 0 Å². The molecule has 1 aliphatic rings. The lowest BCUT2D eigenvalue weighted by Crippen LogP contribution is -2.33. The zero-order valence-corrected chi connectivity index (χ0v) is 14.4. The number of nitrogens with one attached hydrogen (secondary N) is 1. The molecule has 4 heteroatoms. The standard InChI is InChI=1S/C15H15Br2NS/c16-13-8-14(19-15(13)17)11-6-7-18-9-12(11)10-4-2-1-3-5-10/h1-5,8,11-12,18H,6-7,9H2. The van der Waals surface area contributed by atoms with E-state index >= 15 is 0 Å². The van der Waals surface area contributed by atoms with Gasteiger partial charge in [-0.1, -0.05) is 30.3 Å². The molecule has 2 atom stereocenters. The average Bonchev–Trinajstić information content (AvgIpc) is 2.80. The van der Waals surface area contributed by atoms with E-state index in [0.29, 0.717) is 11.8 Å². The Morgan fingerprint density at radius 1 is 1.11 bits per heavy atom. The fourth-order valence-corrected chi connectivity index (χ4v) is 5.09. The maximum atomic E-state index is 3.61. The van der Waals surface area contributed by atoms with E-state index in [4.69, 9.17) is 0 Å². The fourth-order valence-electron chi connectivity index (χ4n) is 2.80. The van der Waals surface area contributed by atoms with Crippen molar-refractivity contribution >= 4 is 43.2 Å². The van der Waals surface area contributed by atoms with Crippen molar-refractivity contribution in [3.63, 3.8) is 0 Å². The van der Waals surface area contributed by atoms with Gasteiger partial charge in [-0.25, -0.2) is 0 Å². The van der Waals surface area contributed by atoms with Gasteiger partial charge in [0, 0.05) is 27.7 Å². The topological polar surface area (TPSA) is 12.0 Å². The number of hydrogen-bond acceptors (Lipinski definition) is 2. The molecule has 1 nitrogen and oxygen atoms in total. The maximum Gasteiger partial charge on any atom is 0.0843 e.